The lowest BCUT2D eigenvalue weighted by atomic mass is 9.77. The summed E-state index contributed by atoms with van der Waals surface area (Å²) in [5.74, 6) is 0. The van der Waals surface area contributed by atoms with E-state index in [9.17, 15) is 0 Å². The fourth-order valence-corrected chi connectivity index (χ4v) is 11.2. The second-order valence-electron chi connectivity index (χ2n) is 19.8. The van der Waals surface area contributed by atoms with Gasteiger partial charge in [-0.05, 0) is 238 Å². The van der Waals surface area contributed by atoms with Gasteiger partial charge in [0.25, 0.3) is 0 Å². The van der Waals surface area contributed by atoms with Crippen molar-refractivity contribution in [3.8, 4) is 22.3 Å². The Labute approximate surface area is 379 Å². The van der Waals surface area contributed by atoms with Gasteiger partial charge in [0.1, 0.15) is 0 Å². The molecule has 2 heteroatoms. The summed E-state index contributed by atoms with van der Waals surface area (Å²) >= 11 is 0. The third-order valence-electron chi connectivity index (χ3n) is 15.2. The van der Waals surface area contributed by atoms with Crippen LogP contribution in [-0.4, -0.2) is 0 Å². The molecule has 0 bridgehead atoms. The first-order valence-corrected chi connectivity index (χ1v) is 22.9. The Morgan fingerprint density at radius 3 is 1.22 bits per heavy atom. The Balaban J connectivity index is 1.03. The predicted molar refractivity (Wildman–Crippen MR) is 274 cm³/mol. The number of para-hydroxylation sites is 2. The molecule has 0 radical (unpaired) electrons. The molecule has 0 atom stereocenters. The SMILES string of the molecule is Cc1cc(N(c2ccccc2)c2ccc3cc4c(cc3c2)C(C)(C)c2ccc3c(c2-4)C(C)(C)c2cc4cc(N(c5ccccc5)c5cc(C)c(C)c(C)c5)ccc4cc2-3)cc(C)c1C. The minimum Gasteiger partial charge on any atom is -0.310 e. The van der Waals surface area contributed by atoms with Crippen molar-refractivity contribution in [2.45, 2.75) is 80.1 Å². The third kappa shape index (κ3) is 5.99. The van der Waals surface area contributed by atoms with Crippen molar-refractivity contribution in [3.05, 3.63) is 213 Å². The third-order valence-corrected chi connectivity index (χ3v) is 15.2. The van der Waals surface area contributed by atoms with Gasteiger partial charge in [0.2, 0.25) is 0 Å². The second kappa shape index (κ2) is 14.3. The van der Waals surface area contributed by atoms with Crippen LogP contribution < -0.4 is 9.80 Å². The topological polar surface area (TPSA) is 6.48 Å². The zero-order chi connectivity index (χ0) is 44.4. The van der Waals surface area contributed by atoms with Crippen LogP contribution in [0.3, 0.4) is 0 Å². The van der Waals surface area contributed by atoms with E-state index in [1.807, 2.05) is 0 Å². The molecule has 0 heterocycles. The summed E-state index contributed by atoms with van der Waals surface area (Å²) in [4.78, 5) is 4.82. The molecule has 2 nitrogen and oxygen atoms in total. The molecule has 0 spiro atoms. The molecule has 0 aliphatic heterocycles. The number of benzene rings is 9. The minimum absolute atomic E-state index is 0.160. The van der Waals surface area contributed by atoms with Crippen LogP contribution in [0, 0.1) is 41.5 Å². The van der Waals surface area contributed by atoms with Crippen LogP contribution >= 0.6 is 0 Å². The van der Waals surface area contributed by atoms with Crippen molar-refractivity contribution in [3.63, 3.8) is 0 Å². The summed E-state index contributed by atoms with van der Waals surface area (Å²) in [5.41, 5.74) is 25.8. The Kier molecular flexibility index (Phi) is 8.92. The molecular weight excluding hydrogens is 773 g/mol. The van der Waals surface area contributed by atoms with Gasteiger partial charge in [0, 0.05) is 45.0 Å². The molecule has 2 aliphatic rings. The van der Waals surface area contributed by atoms with Crippen LogP contribution in [0.2, 0.25) is 0 Å². The van der Waals surface area contributed by atoms with Gasteiger partial charge in [0.05, 0.1) is 0 Å². The lowest BCUT2D eigenvalue weighted by Crippen LogP contribution is -2.18. The van der Waals surface area contributed by atoms with E-state index >= 15 is 0 Å². The highest BCUT2D eigenvalue weighted by Gasteiger charge is 2.45. The van der Waals surface area contributed by atoms with E-state index in [0.717, 1.165) is 17.1 Å². The molecule has 9 aromatic rings. The fourth-order valence-electron chi connectivity index (χ4n) is 11.2. The van der Waals surface area contributed by atoms with E-state index in [0.29, 0.717) is 0 Å². The summed E-state index contributed by atoms with van der Waals surface area (Å²) in [5, 5.41) is 5.05. The van der Waals surface area contributed by atoms with Gasteiger partial charge in [-0.2, -0.15) is 0 Å². The number of nitrogens with zero attached hydrogens (tertiary/aromatic N) is 2. The standard InChI is InChI=1S/C62H56N2/c1-37-27-51(28-38(2)41(37)5)63(47-17-13-11-14-18-47)49-23-21-43-33-54-53-25-26-56-59(60(53)62(9,10)57(54)35-45(43)31-49)55-34-44-22-24-50(32-46(44)36-58(55)61(56,7)8)64(48-19-15-12-16-20-48)52-29-39(3)42(6)40(4)30-52/h11-36H,1-10H3. The van der Waals surface area contributed by atoms with Crippen LogP contribution in [0.4, 0.5) is 34.1 Å². The zero-order valence-electron chi connectivity index (χ0n) is 38.9. The highest BCUT2D eigenvalue weighted by molar-refractivity contribution is 6.02. The largest absolute Gasteiger partial charge is 0.310 e. The number of aryl methyl sites for hydroxylation is 4. The van der Waals surface area contributed by atoms with E-state index < -0.39 is 0 Å². The van der Waals surface area contributed by atoms with Crippen molar-refractivity contribution in [1.29, 1.82) is 0 Å². The van der Waals surface area contributed by atoms with Gasteiger partial charge in [0.15, 0.2) is 0 Å². The van der Waals surface area contributed by atoms with E-state index in [4.69, 9.17) is 0 Å². The van der Waals surface area contributed by atoms with Gasteiger partial charge >= 0.3 is 0 Å². The van der Waals surface area contributed by atoms with Crippen LogP contribution in [0.1, 0.15) is 83.3 Å². The highest BCUT2D eigenvalue weighted by Crippen LogP contribution is 2.60. The molecule has 0 N–H and O–H groups in total. The van der Waals surface area contributed by atoms with E-state index in [1.54, 1.807) is 0 Å². The molecule has 2 aliphatic carbocycles. The van der Waals surface area contributed by atoms with Crippen LogP contribution in [-0.2, 0) is 10.8 Å². The van der Waals surface area contributed by atoms with Crippen LogP contribution in [0.5, 0.6) is 0 Å². The Bertz CT molecular complexity index is 3340. The van der Waals surface area contributed by atoms with Crippen LogP contribution in [0.25, 0.3) is 43.8 Å². The minimum atomic E-state index is -0.207. The van der Waals surface area contributed by atoms with Gasteiger partial charge < -0.3 is 9.80 Å². The quantitative estimate of drug-likeness (QED) is 0.165. The van der Waals surface area contributed by atoms with E-state index in [2.05, 4.69) is 237 Å². The molecule has 9 aromatic carbocycles. The molecular formula is C62H56N2. The van der Waals surface area contributed by atoms with Crippen molar-refractivity contribution in [2.75, 3.05) is 9.80 Å². The Hall–Kier alpha value is -6.90. The molecule has 0 unspecified atom stereocenters. The predicted octanol–water partition coefficient (Wildman–Crippen LogP) is 17.4. The van der Waals surface area contributed by atoms with Crippen molar-refractivity contribution in [2.24, 2.45) is 0 Å². The summed E-state index contributed by atoms with van der Waals surface area (Å²) in [6, 6.07) is 59.8. The summed E-state index contributed by atoms with van der Waals surface area (Å²) < 4.78 is 0. The van der Waals surface area contributed by atoms with Crippen LogP contribution in [0.15, 0.2) is 158 Å². The molecule has 314 valence electrons. The summed E-state index contributed by atoms with van der Waals surface area (Å²) in [7, 11) is 0. The Morgan fingerprint density at radius 2 is 0.750 bits per heavy atom. The van der Waals surface area contributed by atoms with E-state index in [1.165, 1.54) is 116 Å². The number of fused-ring (bicyclic) bond motifs is 9. The number of anilines is 6. The molecule has 0 amide bonds. The van der Waals surface area contributed by atoms with E-state index in [-0.39, 0.29) is 10.8 Å². The van der Waals surface area contributed by atoms with Crippen molar-refractivity contribution in [1.82, 2.24) is 0 Å². The highest BCUT2D eigenvalue weighted by atomic mass is 15.1. The first kappa shape index (κ1) is 39.9. The summed E-state index contributed by atoms with van der Waals surface area (Å²) in [6.07, 6.45) is 0. The van der Waals surface area contributed by atoms with Gasteiger partial charge in [-0.1, -0.05) is 88.4 Å². The number of hydrogen-bond acceptors (Lipinski definition) is 2. The average Bonchev–Trinajstić information content (AvgIpc) is 3.64. The molecule has 0 aromatic heterocycles. The monoisotopic (exact) mass is 828 g/mol. The molecule has 0 fully saturated rings. The molecule has 11 rings (SSSR count). The van der Waals surface area contributed by atoms with Gasteiger partial charge in [-0.25, -0.2) is 0 Å². The maximum absolute atomic E-state index is 2.50. The zero-order valence-corrected chi connectivity index (χ0v) is 38.9. The van der Waals surface area contributed by atoms with Gasteiger partial charge in [-0.3, -0.25) is 0 Å². The fraction of sp³-hybridized carbons (Fsp3) is 0.194. The normalized spacial score (nSPS) is 14.0. The van der Waals surface area contributed by atoms with Crippen molar-refractivity contribution >= 4 is 55.7 Å². The molecule has 0 saturated carbocycles. The summed E-state index contributed by atoms with van der Waals surface area (Å²) in [6.45, 7) is 23.1. The smallest absolute Gasteiger partial charge is 0.0468 e. The Morgan fingerprint density at radius 1 is 0.312 bits per heavy atom. The number of rotatable bonds is 6. The number of hydrogen-bond donors (Lipinski definition) is 0. The molecule has 64 heavy (non-hydrogen) atoms. The lowest BCUT2D eigenvalue weighted by Gasteiger charge is -2.28. The first-order valence-electron chi connectivity index (χ1n) is 22.9. The maximum Gasteiger partial charge on any atom is 0.0468 e. The maximum atomic E-state index is 2.50. The second-order valence-corrected chi connectivity index (χ2v) is 19.8. The van der Waals surface area contributed by atoms with Gasteiger partial charge in [-0.15, -0.1) is 0 Å². The lowest BCUT2D eigenvalue weighted by molar-refractivity contribution is 0.648. The first-order chi connectivity index (χ1) is 30.7. The average molecular weight is 829 g/mol. The molecule has 0 saturated heterocycles. The van der Waals surface area contributed by atoms with Crippen molar-refractivity contribution < 1.29 is 0 Å².